The summed E-state index contributed by atoms with van der Waals surface area (Å²) in [5.41, 5.74) is -6.86. The van der Waals surface area contributed by atoms with Crippen molar-refractivity contribution in [3.05, 3.63) is 138 Å². The molecule has 0 bridgehead atoms. The van der Waals surface area contributed by atoms with E-state index in [1.807, 2.05) is 0 Å². The van der Waals surface area contributed by atoms with Crippen LogP contribution in [-0.2, 0) is 52.6 Å². The van der Waals surface area contributed by atoms with Crippen molar-refractivity contribution in [1.82, 2.24) is 0 Å². The van der Waals surface area contributed by atoms with Gasteiger partial charge >= 0.3 is 0 Å². The van der Waals surface area contributed by atoms with Gasteiger partial charge in [-0.05, 0) is 27.7 Å². The average molecular weight is 868 g/mol. The molecule has 0 spiro atoms. The average Bonchev–Trinajstić information content (AvgIpc) is 3.13. The van der Waals surface area contributed by atoms with E-state index in [2.05, 4.69) is 0 Å². The molecule has 53 heavy (non-hydrogen) atoms. The van der Waals surface area contributed by atoms with Gasteiger partial charge in [0.05, 0.1) is 48.7 Å². The maximum Gasteiger partial charge on any atom is 0.167 e. The molecule has 0 fully saturated rings. The van der Waals surface area contributed by atoms with Crippen LogP contribution in [-0.4, -0.2) is 20.4 Å². The SMILES string of the molecule is Cc1c(F)c(F)c(CO)c(F)c1F.Cc1c(F)c(F)c(CO)c(F)c1F.Cc1c(F)c(F)c(CO)c(F)c1F.Cc1c(F)c(F)c(CO)c(F)c1F.[Zr]. The topological polar surface area (TPSA) is 80.9 Å². The molecule has 0 amide bonds. The first-order valence-electron chi connectivity index (χ1n) is 13.7. The minimum Gasteiger partial charge on any atom is -0.391 e. The molecule has 0 atom stereocenters. The Morgan fingerprint density at radius 1 is 0.245 bits per heavy atom. The fourth-order valence-electron chi connectivity index (χ4n) is 3.70. The van der Waals surface area contributed by atoms with Gasteiger partial charge < -0.3 is 20.4 Å². The zero-order valence-corrected chi connectivity index (χ0v) is 29.6. The third-order valence-electron chi connectivity index (χ3n) is 6.93. The summed E-state index contributed by atoms with van der Waals surface area (Å²) in [5, 5.41) is 33.7. The fraction of sp³-hybridized carbons (Fsp3) is 0.250. The maximum atomic E-state index is 12.8. The second-order valence-corrected chi connectivity index (χ2v) is 10.1. The van der Waals surface area contributed by atoms with Crippen LogP contribution in [0.5, 0.6) is 0 Å². The van der Waals surface area contributed by atoms with E-state index in [1.165, 1.54) is 0 Å². The standard InChI is InChI=1S/4C8H6F4O.Zr/c4*1-3-5(9)7(11)4(2-13)8(12)6(3)10;/h4*13H,2H2,1H3;. The number of benzene rings is 4. The van der Waals surface area contributed by atoms with Crippen LogP contribution in [0, 0.1) is 121 Å². The van der Waals surface area contributed by atoms with Crippen molar-refractivity contribution in [3.8, 4) is 0 Å². The van der Waals surface area contributed by atoms with Crippen LogP contribution in [0.25, 0.3) is 0 Å². The monoisotopic (exact) mass is 866 g/mol. The third-order valence-corrected chi connectivity index (χ3v) is 6.93. The van der Waals surface area contributed by atoms with Crippen LogP contribution in [0.2, 0.25) is 0 Å². The molecule has 0 aromatic heterocycles. The Kier molecular flexibility index (Phi) is 19.4. The normalized spacial score (nSPS) is 10.4. The molecule has 4 rings (SSSR count). The second-order valence-electron chi connectivity index (χ2n) is 10.1. The Bertz CT molecular complexity index is 1560. The molecule has 21 heteroatoms. The Morgan fingerprint density at radius 3 is 0.415 bits per heavy atom. The molecule has 4 nitrogen and oxygen atoms in total. The predicted octanol–water partition coefficient (Wildman–Crippen LogP) is 8.17. The van der Waals surface area contributed by atoms with E-state index < -0.39 is 164 Å². The number of halogens is 16. The van der Waals surface area contributed by atoms with Crippen LogP contribution in [0.15, 0.2) is 0 Å². The van der Waals surface area contributed by atoms with E-state index >= 15 is 0 Å². The molecule has 4 aromatic rings. The number of aliphatic hydroxyl groups excluding tert-OH is 4. The van der Waals surface area contributed by atoms with Crippen LogP contribution < -0.4 is 0 Å². The minimum atomic E-state index is -1.54. The summed E-state index contributed by atoms with van der Waals surface area (Å²) in [4.78, 5) is 0. The first kappa shape index (κ1) is 49.5. The molecule has 0 aliphatic carbocycles. The Balaban J connectivity index is 0.000000676. The summed E-state index contributed by atoms with van der Waals surface area (Å²) in [7, 11) is 0. The molecule has 0 unspecified atom stereocenters. The predicted molar refractivity (Wildman–Crippen MR) is 148 cm³/mol. The first-order chi connectivity index (χ1) is 24.0. The van der Waals surface area contributed by atoms with Crippen molar-refractivity contribution in [2.24, 2.45) is 0 Å². The molecule has 0 saturated carbocycles. The van der Waals surface area contributed by atoms with Gasteiger partial charge in [-0.1, -0.05) is 0 Å². The van der Waals surface area contributed by atoms with Crippen LogP contribution in [0.4, 0.5) is 70.2 Å². The van der Waals surface area contributed by atoms with Gasteiger partial charge in [0.15, 0.2) is 93.1 Å². The van der Waals surface area contributed by atoms with Gasteiger partial charge in [-0.3, -0.25) is 0 Å². The summed E-state index contributed by atoms with van der Waals surface area (Å²) in [6.45, 7) is -0.652. The second kappa shape index (κ2) is 20.8. The van der Waals surface area contributed by atoms with E-state index in [9.17, 15) is 70.2 Å². The van der Waals surface area contributed by atoms with Crippen LogP contribution in [0.3, 0.4) is 0 Å². The maximum absolute atomic E-state index is 12.8. The van der Waals surface area contributed by atoms with Crippen molar-refractivity contribution in [3.63, 3.8) is 0 Å². The zero-order valence-electron chi connectivity index (χ0n) is 27.2. The Hall–Kier alpha value is -3.52. The van der Waals surface area contributed by atoms with Gasteiger partial charge in [0.25, 0.3) is 0 Å². The molecule has 0 saturated heterocycles. The third kappa shape index (κ3) is 10.4. The van der Waals surface area contributed by atoms with Gasteiger partial charge in [-0.15, -0.1) is 0 Å². The molecular formula is C32H24F16O4Zr. The molecule has 0 aliphatic rings. The summed E-state index contributed by atoms with van der Waals surface area (Å²) in [5.74, 6) is -24.1. The van der Waals surface area contributed by atoms with Crippen molar-refractivity contribution in [2.75, 3.05) is 0 Å². The van der Waals surface area contributed by atoms with E-state index in [1.54, 1.807) is 0 Å². The largest absolute Gasteiger partial charge is 0.391 e. The molecular weight excluding hydrogens is 844 g/mol. The molecule has 0 heterocycles. The Labute approximate surface area is 308 Å². The van der Waals surface area contributed by atoms with E-state index in [4.69, 9.17) is 20.4 Å². The summed E-state index contributed by atoms with van der Waals surface area (Å²) in [6.07, 6.45) is 0. The van der Waals surface area contributed by atoms with Crippen LogP contribution in [0.1, 0.15) is 44.5 Å². The van der Waals surface area contributed by atoms with Crippen molar-refractivity contribution in [1.29, 1.82) is 0 Å². The van der Waals surface area contributed by atoms with Gasteiger partial charge in [-0.2, -0.15) is 0 Å². The molecule has 0 radical (unpaired) electrons. The summed E-state index contributed by atoms with van der Waals surface area (Å²) >= 11 is 0. The van der Waals surface area contributed by atoms with Gasteiger partial charge in [0.1, 0.15) is 0 Å². The quantitative estimate of drug-likeness (QED) is 0.123. The smallest absolute Gasteiger partial charge is 0.167 e. The first-order valence-corrected chi connectivity index (χ1v) is 13.7. The summed E-state index contributed by atoms with van der Waals surface area (Å²) in [6, 6.07) is 0. The zero-order chi connectivity index (χ0) is 40.7. The summed E-state index contributed by atoms with van der Waals surface area (Å²) < 4.78 is 204. The number of hydrogen-bond donors (Lipinski definition) is 4. The molecule has 4 aromatic carbocycles. The molecule has 292 valence electrons. The molecule has 0 aliphatic heterocycles. The van der Waals surface area contributed by atoms with Crippen molar-refractivity contribution < 1.29 is 117 Å². The van der Waals surface area contributed by atoms with Gasteiger partial charge in [-0.25, -0.2) is 70.2 Å². The van der Waals surface area contributed by atoms with E-state index in [-0.39, 0.29) is 26.2 Å². The van der Waals surface area contributed by atoms with Gasteiger partial charge in [0, 0.05) is 48.5 Å². The van der Waals surface area contributed by atoms with E-state index in [0.29, 0.717) is 0 Å². The number of rotatable bonds is 4. The number of aliphatic hydroxyl groups is 4. The van der Waals surface area contributed by atoms with Crippen LogP contribution >= 0.6 is 0 Å². The van der Waals surface area contributed by atoms with E-state index in [0.717, 1.165) is 27.7 Å². The Morgan fingerprint density at radius 2 is 0.340 bits per heavy atom. The minimum absolute atomic E-state index is 0. The fourth-order valence-corrected chi connectivity index (χ4v) is 3.70. The van der Waals surface area contributed by atoms with Crippen molar-refractivity contribution in [2.45, 2.75) is 54.1 Å². The van der Waals surface area contributed by atoms with Crippen molar-refractivity contribution >= 4 is 0 Å². The molecule has 4 N–H and O–H groups in total. The number of hydrogen-bond acceptors (Lipinski definition) is 4. The van der Waals surface area contributed by atoms with Gasteiger partial charge in [0.2, 0.25) is 0 Å².